The Morgan fingerprint density at radius 2 is 1.79 bits per heavy atom. The predicted octanol–water partition coefficient (Wildman–Crippen LogP) is 4.13. The van der Waals surface area contributed by atoms with Crippen LogP contribution in [0.4, 0.5) is 17.1 Å². The first-order chi connectivity index (χ1) is 14.1. The molecule has 0 aliphatic carbocycles. The Kier molecular flexibility index (Phi) is 6.18. The standard InChI is InChI=1S/C22H18N4O3/c1-2-29-22(28)16-6-8-17(9-7-16)26-21(27)20-11-10-19(14-24-20)25-18-5-3-4-15(12-18)13-23/h3-12,14,25H,2H2,1H3,(H,26,27). The van der Waals surface area contributed by atoms with Gasteiger partial charge in [0.15, 0.2) is 0 Å². The first-order valence-electron chi connectivity index (χ1n) is 8.91. The Morgan fingerprint density at radius 1 is 1.03 bits per heavy atom. The van der Waals surface area contributed by atoms with Crippen LogP contribution in [0.15, 0.2) is 66.9 Å². The number of aromatic nitrogens is 1. The van der Waals surface area contributed by atoms with Crippen molar-refractivity contribution in [2.24, 2.45) is 0 Å². The molecule has 0 aliphatic heterocycles. The molecule has 0 spiro atoms. The smallest absolute Gasteiger partial charge is 0.338 e. The number of esters is 1. The molecule has 0 unspecified atom stereocenters. The fourth-order valence-electron chi connectivity index (χ4n) is 2.53. The van der Waals surface area contributed by atoms with Gasteiger partial charge in [-0.1, -0.05) is 6.07 Å². The lowest BCUT2D eigenvalue weighted by molar-refractivity contribution is 0.0526. The molecule has 0 saturated carbocycles. The van der Waals surface area contributed by atoms with Gasteiger partial charge in [-0.2, -0.15) is 5.26 Å². The molecular weight excluding hydrogens is 368 g/mol. The highest BCUT2D eigenvalue weighted by atomic mass is 16.5. The summed E-state index contributed by atoms with van der Waals surface area (Å²) in [6.45, 7) is 2.04. The van der Waals surface area contributed by atoms with Crippen LogP contribution < -0.4 is 10.6 Å². The van der Waals surface area contributed by atoms with Gasteiger partial charge in [-0.15, -0.1) is 0 Å². The van der Waals surface area contributed by atoms with Gasteiger partial charge in [0.1, 0.15) is 5.69 Å². The van der Waals surface area contributed by atoms with Crippen LogP contribution in [0.25, 0.3) is 0 Å². The Labute approximate surface area is 168 Å². The molecule has 0 radical (unpaired) electrons. The van der Waals surface area contributed by atoms with Crippen molar-refractivity contribution in [1.82, 2.24) is 4.98 Å². The Balaban J connectivity index is 1.63. The van der Waals surface area contributed by atoms with E-state index in [1.807, 2.05) is 6.07 Å². The van der Waals surface area contributed by atoms with E-state index in [0.29, 0.717) is 29.1 Å². The van der Waals surface area contributed by atoms with E-state index >= 15 is 0 Å². The molecule has 3 aromatic rings. The van der Waals surface area contributed by atoms with Gasteiger partial charge in [0.2, 0.25) is 0 Å². The van der Waals surface area contributed by atoms with E-state index in [2.05, 4.69) is 21.7 Å². The summed E-state index contributed by atoms with van der Waals surface area (Å²) >= 11 is 0. The molecule has 1 amide bonds. The highest BCUT2D eigenvalue weighted by Crippen LogP contribution is 2.18. The number of pyridine rings is 1. The van der Waals surface area contributed by atoms with Gasteiger partial charge >= 0.3 is 5.97 Å². The zero-order chi connectivity index (χ0) is 20.6. The summed E-state index contributed by atoms with van der Waals surface area (Å²) in [4.78, 5) is 28.2. The number of anilines is 3. The topological polar surface area (TPSA) is 104 Å². The van der Waals surface area contributed by atoms with Crippen molar-refractivity contribution in [2.75, 3.05) is 17.2 Å². The second kappa shape index (κ2) is 9.15. The number of nitriles is 1. The number of carbonyl (C=O) groups is 2. The lowest BCUT2D eigenvalue weighted by atomic mass is 10.2. The normalized spacial score (nSPS) is 9.93. The van der Waals surface area contributed by atoms with E-state index in [1.165, 1.54) is 6.20 Å². The summed E-state index contributed by atoms with van der Waals surface area (Å²) in [6.07, 6.45) is 1.54. The third kappa shape index (κ3) is 5.17. The zero-order valence-electron chi connectivity index (χ0n) is 15.7. The molecule has 144 valence electrons. The van der Waals surface area contributed by atoms with E-state index in [0.717, 1.165) is 5.69 Å². The Morgan fingerprint density at radius 3 is 2.45 bits per heavy atom. The number of hydrogen-bond donors (Lipinski definition) is 2. The summed E-state index contributed by atoms with van der Waals surface area (Å²) in [7, 11) is 0. The Bertz CT molecular complexity index is 1050. The zero-order valence-corrected chi connectivity index (χ0v) is 15.7. The highest BCUT2D eigenvalue weighted by Gasteiger charge is 2.10. The minimum atomic E-state index is -0.407. The van der Waals surface area contributed by atoms with Crippen molar-refractivity contribution in [3.05, 3.63) is 83.7 Å². The van der Waals surface area contributed by atoms with Crippen molar-refractivity contribution in [3.8, 4) is 6.07 Å². The van der Waals surface area contributed by atoms with Crippen molar-refractivity contribution in [3.63, 3.8) is 0 Å². The van der Waals surface area contributed by atoms with E-state index in [1.54, 1.807) is 61.5 Å². The molecule has 1 aromatic heterocycles. The number of amides is 1. The summed E-state index contributed by atoms with van der Waals surface area (Å²) in [5.41, 5.74) is 3.20. The average molecular weight is 386 g/mol. The van der Waals surface area contributed by atoms with Crippen LogP contribution >= 0.6 is 0 Å². The average Bonchev–Trinajstić information content (AvgIpc) is 2.75. The van der Waals surface area contributed by atoms with Crippen LogP contribution in [-0.2, 0) is 4.74 Å². The van der Waals surface area contributed by atoms with Crippen molar-refractivity contribution in [1.29, 1.82) is 5.26 Å². The van der Waals surface area contributed by atoms with E-state index in [9.17, 15) is 9.59 Å². The summed E-state index contributed by atoms with van der Waals surface area (Å²) in [5, 5.41) is 14.8. The number of ether oxygens (including phenoxy) is 1. The summed E-state index contributed by atoms with van der Waals surface area (Å²) < 4.78 is 4.93. The van der Waals surface area contributed by atoms with E-state index in [4.69, 9.17) is 10.00 Å². The molecule has 0 saturated heterocycles. The number of carbonyl (C=O) groups excluding carboxylic acids is 2. The first kappa shape index (κ1) is 19.6. The van der Waals surface area contributed by atoms with E-state index < -0.39 is 5.97 Å². The van der Waals surface area contributed by atoms with Crippen molar-refractivity contribution >= 4 is 28.9 Å². The Hall–Kier alpha value is -4.18. The number of nitrogens with one attached hydrogen (secondary N) is 2. The van der Waals surface area contributed by atoms with Crippen molar-refractivity contribution < 1.29 is 14.3 Å². The third-order valence-electron chi connectivity index (χ3n) is 3.93. The van der Waals surface area contributed by atoms with Crippen LogP contribution in [0.3, 0.4) is 0 Å². The molecular formula is C22H18N4O3. The maximum atomic E-state index is 12.4. The molecule has 1 heterocycles. The van der Waals surface area contributed by atoms with Gasteiger partial charge in [0, 0.05) is 11.4 Å². The third-order valence-corrected chi connectivity index (χ3v) is 3.93. The van der Waals surface area contributed by atoms with Gasteiger partial charge < -0.3 is 15.4 Å². The maximum Gasteiger partial charge on any atom is 0.338 e. The lowest BCUT2D eigenvalue weighted by Crippen LogP contribution is -2.14. The van der Waals surface area contributed by atoms with Crippen molar-refractivity contribution in [2.45, 2.75) is 6.92 Å². The molecule has 0 fully saturated rings. The number of nitrogens with zero attached hydrogens (tertiary/aromatic N) is 2. The van der Waals surface area contributed by atoms with Crippen LogP contribution in [0, 0.1) is 11.3 Å². The highest BCUT2D eigenvalue weighted by molar-refractivity contribution is 6.03. The maximum absolute atomic E-state index is 12.4. The second-order valence-corrected chi connectivity index (χ2v) is 6.00. The summed E-state index contributed by atoms with van der Waals surface area (Å²) in [6, 6.07) is 18.9. The molecule has 2 N–H and O–H groups in total. The van der Waals surface area contributed by atoms with E-state index in [-0.39, 0.29) is 11.6 Å². The predicted molar refractivity (Wildman–Crippen MR) is 109 cm³/mol. The quantitative estimate of drug-likeness (QED) is 0.618. The number of rotatable bonds is 6. The first-order valence-corrected chi connectivity index (χ1v) is 8.91. The molecule has 0 bridgehead atoms. The molecule has 7 nitrogen and oxygen atoms in total. The van der Waals surface area contributed by atoms with Gasteiger partial charge in [-0.25, -0.2) is 9.78 Å². The molecule has 0 aliphatic rings. The second-order valence-electron chi connectivity index (χ2n) is 6.00. The van der Waals surface area contributed by atoms with Gasteiger partial charge in [0.25, 0.3) is 5.91 Å². The SMILES string of the molecule is CCOC(=O)c1ccc(NC(=O)c2ccc(Nc3cccc(C#N)c3)cn2)cc1. The van der Waals surface area contributed by atoms with Gasteiger partial charge in [0.05, 0.1) is 35.7 Å². The molecule has 3 rings (SSSR count). The molecule has 7 heteroatoms. The molecule has 29 heavy (non-hydrogen) atoms. The largest absolute Gasteiger partial charge is 0.462 e. The van der Waals surface area contributed by atoms with Gasteiger partial charge in [-0.3, -0.25) is 4.79 Å². The van der Waals surface area contributed by atoms with Crippen LogP contribution in [0.2, 0.25) is 0 Å². The lowest BCUT2D eigenvalue weighted by Gasteiger charge is -2.08. The van der Waals surface area contributed by atoms with Crippen LogP contribution in [0.1, 0.15) is 33.3 Å². The van der Waals surface area contributed by atoms with Crippen LogP contribution in [-0.4, -0.2) is 23.5 Å². The number of benzene rings is 2. The minimum absolute atomic E-state index is 0.246. The van der Waals surface area contributed by atoms with Gasteiger partial charge in [-0.05, 0) is 61.5 Å². The monoisotopic (exact) mass is 386 g/mol. The fourth-order valence-corrected chi connectivity index (χ4v) is 2.53. The van der Waals surface area contributed by atoms with Crippen LogP contribution in [0.5, 0.6) is 0 Å². The summed E-state index contributed by atoms with van der Waals surface area (Å²) in [5.74, 6) is -0.776. The minimum Gasteiger partial charge on any atom is -0.462 e. The molecule has 2 aromatic carbocycles. The molecule has 0 atom stereocenters. The number of hydrogen-bond acceptors (Lipinski definition) is 6. The fraction of sp³-hybridized carbons (Fsp3) is 0.0909.